The van der Waals surface area contributed by atoms with Crippen molar-refractivity contribution in [2.45, 2.75) is 4.90 Å². The minimum atomic E-state index is -3.67. The van der Waals surface area contributed by atoms with Crippen LogP contribution in [0.4, 0.5) is 0 Å². The fraction of sp³-hybridized carbons (Fsp3) is 0. The van der Waals surface area contributed by atoms with E-state index in [1.807, 2.05) is 0 Å². The number of rotatable bonds is 1. The third-order valence-electron chi connectivity index (χ3n) is 1.09. The van der Waals surface area contributed by atoms with Crippen LogP contribution >= 0.6 is 12.2 Å². The maximum atomic E-state index is 10.7. The molecule has 0 unspecified atom stereocenters. The molecule has 0 aliphatic rings. The maximum Gasteiger partial charge on any atom is 0.240 e. The molecule has 1 aromatic heterocycles. The van der Waals surface area contributed by atoms with Crippen LogP contribution in [0.2, 0.25) is 0 Å². The molecule has 0 amide bonds. The van der Waals surface area contributed by atoms with Gasteiger partial charge in [-0.05, 0) is 12.1 Å². The van der Waals surface area contributed by atoms with E-state index in [1.54, 1.807) is 0 Å². The first-order valence-corrected chi connectivity index (χ1v) is 4.68. The Morgan fingerprint density at radius 3 is 2.55 bits per heavy atom. The molecule has 3 N–H and O–H groups in total. The molecule has 0 atom stereocenters. The summed E-state index contributed by atoms with van der Waals surface area (Å²) in [6.07, 6.45) is 1.54. The van der Waals surface area contributed by atoms with E-state index < -0.39 is 10.0 Å². The molecule has 0 saturated heterocycles. The second-order valence-electron chi connectivity index (χ2n) is 1.91. The molecule has 1 heterocycles. The van der Waals surface area contributed by atoms with Crippen molar-refractivity contribution in [2.24, 2.45) is 5.14 Å². The van der Waals surface area contributed by atoms with Crippen molar-refractivity contribution in [2.75, 3.05) is 0 Å². The molecular formula is C5H6N2O2S2. The number of primary sulfonamides is 1. The van der Waals surface area contributed by atoms with Gasteiger partial charge in [0.05, 0.1) is 0 Å². The molecule has 0 saturated carbocycles. The van der Waals surface area contributed by atoms with Crippen molar-refractivity contribution in [3.8, 4) is 0 Å². The Bertz CT molecular complexity index is 406. The fourth-order valence-corrected chi connectivity index (χ4v) is 1.70. The molecule has 4 nitrogen and oxygen atoms in total. The molecule has 0 bridgehead atoms. The summed E-state index contributed by atoms with van der Waals surface area (Å²) >= 11 is 4.69. The number of aromatic amines is 1. The average molecular weight is 190 g/mol. The summed E-state index contributed by atoms with van der Waals surface area (Å²) in [6.45, 7) is 0. The highest BCUT2D eigenvalue weighted by molar-refractivity contribution is 7.89. The number of aromatic nitrogens is 1. The Morgan fingerprint density at radius 2 is 2.18 bits per heavy atom. The zero-order chi connectivity index (χ0) is 8.48. The van der Waals surface area contributed by atoms with Crippen LogP contribution in [0.25, 0.3) is 0 Å². The third-order valence-corrected chi connectivity index (χ3v) is 2.51. The Hall–Kier alpha value is -0.720. The molecule has 0 spiro atoms. The van der Waals surface area contributed by atoms with Crippen LogP contribution in [-0.4, -0.2) is 13.4 Å². The van der Waals surface area contributed by atoms with E-state index in [0.717, 1.165) is 0 Å². The molecule has 60 valence electrons. The fourth-order valence-electron chi connectivity index (χ4n) is 0.630. The monoisotopic (exact) mass is 190 g/mol. The molecule has 0 radical (unpaired) electrons. The molecule has 0 aliphatic carbocycles. The van der Waals surface area contributed by atoms with Gasteiger partial charge in [0, 0.05) is 6.20 Å². The summed E-state index contributed by atoms with van der Waals surface area (Å²) in [5.41, 5.74) is 0. The van der Waals surface area contributed by atoms with E-state index in [9.17, 15) is 8.42 Å². The van der Waals surface area contributed by atoms with E-state index >= 15 is 0 Å². The van der Waals surface area contributed by atoms with Crippen LogP contribution < -0.4 is 5.14 Å². The Kier molecular flexibility index (Phi) is 2.08. The second kappa shape index (κ2) is 2.72. The molecule has 1 aromatic rings. The normalized spacial score (nSPS) is 11.4. The molecular weight excluding hydrogens is 184 g/mol. The first-order valence-electron chi connectivity index (χ1n) is 2.72. The van der Waals surface area contributed by atoms with Crippen LogP contribution in [0.5, 0.6) is 0 Å². The number of pyridine rings is 1. The highest BCUT2D eigenvalue weighted by atomic mass is 32.2. The SMILES string of the molecule is NS(=O)(=O)c1ccc[nH]c1=S. The molecule has 11 heavy (non-hydrogen) atoms. The second-order valence-corrected chi connectivity index (χ2v) is 3.85. The van der Waals surface area contributed by atoms with Crippen LogP contribution in [-0.2, 0) is 10.0 Å². The molecule has 1 rings (SSSR count). The van der Waals surface area contributed by atoms with Crippen molar-refractivity contribution in [1.82, 2.24) is 4.98 Å². The lowest BCUT2D eigenvalue weighted by molar-refractivity contribution is 0.597. The Morgan fingerprint density at radius 1 is 1.55 bits per heavy atom. The summed E-state index contributed by atoms with van der Waals surface area (Å²) in [4.78, 5) is 2.52. The van der Waals surface area contributed by atoms with Gasteiger partial charge in [-0.1, -0.05) is 12.2 Å². The van der Waals surface area contributed by atoms with E-state index in [4.69, 9.17) is 5.14 Å². The number of nitrogens with one attached hydrogen (secondary N) is 1. The highest BCUT2D eigenvalue weighted by Gasteiger charge is 2.07. The Labute approximate surface area is 69.1 Å². The highest BCUT2D eigenvalue weighted by Crippen LogP contribution is 2.04. The predicted molar refractivity (Wildman–Crippen MR) is 43.0 cm³/mol. The largest absolute Gasteiger partial charge is 0.352 e. The van der Waals surface area contributed by atoms with E-state index in [1.165, 1.54) is 18.3 Å². The lowest BCUT2D eigenvalue weighted by Crippen LogP contribution is -2.12. The third kappa shape index (κ3) is 1.86. The number of H-pyrrole nitrogens is 1. The maximum absolute atomic E-state index is 10.7. The van der Waals surface area contributed by atoms with Gasteiger partial charge in [-0.2, -0.15) is 0 Å². The van der Waals surface area contributed by atoms with Crippen LogP contribution in [0.1, 0.15) is 0 Å². The zero-order valence-electron chi connectivity index (χ0n) is 5.44. The van der Waals surface area contributed by atoms with Gasteiger partial charge in [0.25, 0.3) is 0 Å². The number of hydrogen-bond donors (Lipinski definition) is 2. The van der Waals surface area contributed by atoms with E-state index in [0.29, 0.717) is 0 Å². The van der Waals surface area contributed by atoms with Gasteiger partial charge in [0.15, 0.2) is 0 Å². The smallest absolute Gasteiger partial charge is 0.240 e. The zero-order valence-corrected chi connectivity index (χ0v) is 7.08. The van der Waals surface area contributed by atoms with E-state index in [2.05, 4.69) is 17.2 Å². The summed E-state index contributed by atoms with van der Waals surface area (Å²) in [5.74, 6) is 0. The lowest BCUT2D eigenvalue weighted by atomic mass is 10.5. The van der Waals surface area contributed by atoms with Gasteiger partial charge in [-0.15, -0.1) is 0 Å². The van der Waals surface area contributed by atoms with Crippen molar-refractivity contribution >= 4 is 22.2 Å². The first kappa shape index (κ1) is 8.38. The predicted octanol–water partition coefficient (Wildman–Crippen LogP) is 0.392. The molecule has 0 aliphatic heterocycles. The number of nitrogens with two attached hydrogens (primary N) is 1. The quantitative estimate of drug-likeness (QED) is 0.629. The van der Waals surface area contributed by atoms with Crippen molar-refractivity contribution in [3.05, 3.63) is 23.0 Å². The number of sulfonamides is 1. The van der Waals surface area contributed by atoms with Gasteiger partial charge in [-0.25, -0.2) is 13.6 Å². The summed E-state index contributed by atoms with van der Waals surface area (Å²) in [7, 11) is -3.67. The Balaban J connectivity index is 3.50. The van der Waals surface area contributed by atoms with Gasteiger partial charge < -0.3 is 4.98 Å². The lowest BCUT2D eigenvalue weighted by Gasteiger charge is -1.95. The minimum Gasteiger partial charge on any atom is -0.352 e. The summed E-state index contributed by atoms with van der Waals surface area (Å²) in [5, 5.41) is 4.84. The molecule has 6 heteroatoms. The van der Waals surface area contributed by atoms with E-state index in [-0.39, 0.29) is 9.54 Å². The van der Waals surface area contributed by atoms with Crippen molar-refractivity contribution in [3.63, 3.8) is 0 Å². The van der Waals surface area contributed by atoms with Gasteiger partial charge >= 0.3 is 0 Å². The molecule has 0 fully saturated rings. The van der Waals surface area contributed by atoms with Crippen molar-refractivity contribution < 1.29 is 8.42 Å². The average Bonchev–Trinajstić information content (AvgIpc) is 1.86. The van der Waals surface area contributed by atoms with Gasteiger partial charge in [0.2, 0.25) is 10.0 Å². The first-order chi connectivity index (χ1) is 5.02. The van der Waals surface area contributed by atoms with Crippen LogP contribution in [0.3, 0.4) is 0 Å². The molecule has 0 aromatic carbocycles. The van der Waals surface area contributed by atoms with Crippen LogP contribution in [0, 0.1) is 4.64 Å². The summed E-state index contributed by atoms with van der Waals surface area (Å²) < 4.78 is 21.6. The van der Waals surface area contributed by atoms with Gasteiger partial charge in [-0.3, -0.25) is 0 Å². The number of hydrogen-bond acceptors (Lipinski definition) is 3. The van der Waals surface area contributed by atoms with Crippen LogP contribution in [0.15, 0.2) is 23.2 Å². The standard InChI is InChI=1S/C5H6N2O2S2/c6-11(8,9)4-2-1-3-7-5(4)10/h1-3H,(H,7,10)(H2,6,8,9). The minimum absolute atomic E-state index is 0.0463. The topological polar surface area (TPSA) is 76.0 Å². The van der Waals surface area contributed by atoms with Crippen molar-refractivity contribution in [1.29, 1.82) is 0 Å². The van der Waals surface area contributed by atoms with Gasteiger partial charge in [0.1, 0.15) is 9.54 Å². The summed E-state index contributed by atoms with van der Waals surface area (Å²) in [6, 6.07) is 2.88.